The lowest BCUT2D eigenvalue weighted by Gasteiger charge is -2.03. The zero-order valence-corrected chi connectivity index (χ0v) is 12.9. The lowest BCUT2D eigenvalue weighted by Crippen LogP contribution is -2.21. The van der Waals surface area contributed by atoms with Crippen LogP contribution in [0.2, 0.25) is 0 Å². The lowest BCUT2D eigenvalue weighted by atomic mass is 10.2. The molecule has 0 bridgehead atoms. The number of aromatic nitrogens is 4. The molecule has 0 fully saturated rings. The van der Waals surface area contributed by atoms with Crippen LogP contribution < -0.4 is 5.56 Å². The molecular formula is C17H12N4OS. The molecule has 1 aromatic carbocycles. The fraction of sp³-hybridized carbons (Fsp3) is 0.0588. The Labute approximate surface area is 135 Å². The average Bonchev–Trinajstić information content (AvgIpc) is 3.04. The second-order valence-corrected chi connectivity index (χ2v) is 6.09. The molecule has 0 spiro atoms. The summed E-state index contributed by atoms with van der Waals surface area (Å²) in [6.07, 6.45) is 4.89. The van der Waals surface area contributed by atoms with Gasteiger partial charge in [0.05, 0.1) is 18.4 Å². The van der Waals surface area contributed by atoms with Gasteiger partial charge in [-0.25, -0.2) is 15.0 Å². The van der Waals surface area contributed by atoms with E-state index in [1.54, 1.807) is 29.4 Å². The molecule has 0 aliphatic carbocycles. The maximum Gasteiger partial charge on any atom is 0.271 e. The fourth-order valence-corrected chi connectivity index (χ4v) is 3.43. The van der Waals surface area contributed by atoms with Gasteiger partial charge in [0.2, 0.25) is 0 Å². The number of thiophene rings is 1. The zero-order chi connectivity index (χ0) is 15.6. The van der Waals surface area contributed by atoms with E-state index in [2.05, 4.69) is 15.0 Å². The van der Waals surface area contributed by atoms with E-state index < -0.39 is 0 Å². The van der Waals surface area contributed by atoms with Gasteiger partial charge >= 0.3 is 0 Å². The van der Waals surface area contributed by atoms with Gasteiger partial charge in [-0.05, 0) is 17.7 Å². The van der Waals surface area contributed by atoms with Crippen molar-refractivity contribution in [1.29, 1.82) is 0 Å². The second-order valence-electron chi connectivity index (χ2n) is 5.03. The molecule has 5 nitrogen and oxygen atoms in total. The molecule has 0 saturated heterocycles. The Bertz CT molecular complexity index is 1010. The van der Waals surface area contributed by atoms with Gasteiger partial charge in [-0.1, -0.05) is 30.3 Å². The Morgan fingerprint density at radius 2 is 1.78 bits per heavy atom. The van der Waals surface area contributed by atoms with Crippen molar-refractivity contribution in [2.24, 2.45) is 0 Å². The van der Waals surface area contributed by atoms with E-state index in [0.29, 0.717) is 17.1 Å². The van der Waals surface area contributed by atoms with Gasteiger partial charge in [0, 0.05) is 17.3 Å². The second kappa shape index (κ2) is 5.73. The van der Waals surface area contributed by atoms with Crippen LogP contribution in [-0.2, 0) is 6.54 Å². The third-order valence-corrected chi connectivity index (χ3v) is 4.65. The normalized spacial score (nSPS) is 11.0. The average molecular weight is 320 g/mol. The monoisotopic (exact) mass is 320 g/mol. The van der Waals surface area contributed by atoms with Crippen LogP contribution in [0.4, 0.5) is 0 Å². The molecule has 6 heteroatoms. The van der Waals surface area contributed by atoms with E-state index in [9.17, 15) is 4.79 Å². The summed E-state index contributed by atoms with van der Waals surface area (Å²) in [6, 6.07) is 13.7. The molecule has 0 amide bonds. The maximum atomic E-state index is 12.7. The standard InChI is InChI=1S/C17H12N4OS/c22-17-16-13(9-14(23-16)12-5-2-1-3-6-12)20-11-21(17)10-15-18-7-4-8-19-15/h1-9,11H,10H2. The minimum atomic E-state index is -0.0605. The summed E-state index contributed by atoms with van der Waals surface area (Å²) in [5, 5.41) is 0. The van der Waals surface area contributed by atoms with Gasteiger partial charge in [-0.2, -0.15) is 0 Å². The van der Waals surface area contributed by atoms with Gasteiger partial charge in [-0.15, -0.1) is 11.3 Å². The SMILES string of the molecule is O=c1c2sc(-c3ccccc3)cc2ncn1Cc1ncccn1. The molecule has 0 aliphatic heterocycles. The van der Waals surface area contributed by atoms with Crippen molar-refractivity contribution in [3.63, 3.8) is 0 Å². The number of hydrogen-bond acceptors (Lipinski definition) is 5. The first-order valence-electron chi connectivity index (χ1n) is 7.11. The van der Waals surface area contributed by atoms with Crippen LogP contribution in [0.25, 0.3) is 20.7 Å². The third-order valence-electron chi connectivity index (χ3n) is 3.49. The molecule has 0 aliphatic rings. The van der Waals surface area contributed by atoms with E-state index in [1.807, 2.05) is 36.4 Å². The van der Waals surface area contributed by atoms with E-state index in [4.69, 9.17) is 0 Å². The van der Waals surface area contributed by atoms with Crippen molar-refractivity contribution >= 4 is 21.6 Å². The van der Waals surface area contributed by atoms with Crippen molar-refractivity contribution in [1.82, 2.24) is 19.5 Å². The predicted molar refractivity (Wildman–Crippen MR) is 90.5 cm³/mol. The topological polar surface area (TPSA) is 60.7 Å². The van der Waals surface area contributed by atoms with Crippen LogP contribution in [0.3, 0.4) is 0 Å². The summed E-state index contributed by atoms with van der Waals surface area (Å²) in [6.45, 7) is 0.321. The first-order valence-corrected chi connectivity index (χ1v) is 7.93. The van der Waals surface area contributed by atoms with Crippen molar-refractivity contribution in [2.75, 3.05) is 0 Å². The molecule has 4 aromatic rings. The molecule has 0 radical (unpaired) electrons. The summed E-state index contributed by atoms with van der Waals surface area (Å²) in [4.78, 5) is 26.4. The molecule has 0 N–H and O–H groups in total. The molecule has 3 aromatic heterocycles. The van der Waals surface area contributed by atoms with Crippen LogP contribution in [0, 0.1) is 0 Å². The quantitative estimate of drug-likeness (QED) is 0.582. The third kappa shape index (κ3) is 2.64. The van der Waals surface area contributed by atoms with Crippen molar-refractivity contribution in [2.45, 2.75) is 6.54 Å². The largest absolute Gasteiger partial charge is 0.290 e. The highest BCUT2D eigenvalue weighted by atomic mass is 32.1. The Balaban J connectivity index is 1.78. The molecule has 112 valence electrons. The minimum absolute atomic E-state index is 0.0605. The Hall–Kier alpha value is -2.86. The Morgan fingerprint density at radius 3 is 2.57 bits per heavy atom. The Morgan fingerprint density at radius 1 is 1.00 bits per heavy atom. The highest BCUT2D eigenvalue weighted by Gasteiger charge is 2.11. The number of hydrogen-bond donors (Lipinski definition) is 0. The van der Waals surface area contributed by atoms with E-state index >= 15 is 0 Å². The molecule has 0 atom stereocenters. The highest BCUT2D eigenvalue weighted by molar-refractivity contribution is 7.22. The first-order chi connectivity index (χ1) is 11.3. The summed E-state index contributed by atoms with van der Waals surface area (Å²) in [5.74, 6) is 0.593. The van der Waals surface area contributed by atoms with Gasteiger partial charge in [-0.3, -0.25) is 9.36 Å². The van der Waals surface area contributed by atoms with Gasteiger partial charge < -0.3 is 0 Å². The van der Waals surface area contributed by atoms with Gasteiger partial charge in [0.1, 0.15) is 10.5 Å². The highest BCUT2D eigenvalue weighted by Crippen LogP contribution is 2.30. The Kier molecular flexibility index (Phi) is 3.44. The number of benzene rings is 1. The first kappa shape index (κ1) is 13.8. The van der Waals surface area contributed by atoms with Crippen molar-refractivity contribution < 1.29 is 0 Å². The number of rotatable bonds is 3. The predicted octanol–water partition coefficient (Wildman–Crippen LogP) is 2.96. The van der Waals surface area contributed by atoms with E-state index in [1.165, 1.54) is 11.3 Å². The summed E-state index contributed by atoms with van der Waals surface area (Å²) in [7, 11) is 0. The summed E-state index contributed by atoms with van der Waals surface area (Å²) >= 11 is 1.47. The van der Waals surface area contributed by atoms with Crippen LogP contribution in [0.5, 0.6) is 0 Å². The molecule has 4 rings (SSSR count). The molecule has 23 heavy (non-hydrogen) atoms. The van der Waals surface area contributed by atoms with Crippen LogP contribution in [-0.4, -0.2) is 19.5 Å². The molecular weight excluding hydrogens is 308 g/mol. The maximum absolute atomic E-state index is 12.7. The van der Waals surface area contributed by atoms with Crippen molar-refractivity contribution in [3.8, 4) is 10.4 Å². The smallest absolute Gasteiger partial charge is 0.271 e. The number of fused-ring (bicyclic) bond motifs is 1. The molecule has 0 unspecified atom stereocenters. The van der Waals surface area contributed by atoms with Crippen LogP contribution in [0.15, 0.2) is 66.0 Å². The summed E-state index contributed by atoms with van der Waals surface area (Å²) in [5.41, 5.74) is 1.76. The lowest BCUT2D eigenvalue weighted by molar-refractivity contribution is 0.707. The van der Waals surface area contributed by atoms with E-state index in [-0.39, 0.29) is 5.56 Å². The van der Waals surface area contributed by atoms with E-state index in [0.717, 1.165) is 16.0 Å². The summed E-state index contributed by atoms with van der Waals surface area (Å²) < 4.78 is 2.20. The minimum Gasteiger partial charge on any atom is -0.290 e. The number of nitrogens with zero attached hydrogens (tertiary/aromatic N) is 4. The zero-order valence-electron chi connectivity index (χ0n) is 12.1. The van der Waals surface area contributed by atoms with Crippen LogP contribution >= 0.6 is 11.3 Å². The van der Waals surface area contributed by atoms with Gasteiger partial charge in [0.25, 0.3) is 5.56 Å². The molecule has 0 saturated carbocycles. The molecule has 3 heterocycles. The van der Waals surface area contributed by atoms with Crippen molar-refractivity contribution in [3.05, 3.63) is 77.4 Å². The van der Waals surface area contributed by atoms with Gasteiger partial charge in [0.15, 0.2) is 0 Å². The fourth-order valence-electron chi connectivity index (χ4n) is 2.37. The van der Waals surface area contributed by atoms with Crippen LogP contribution in [0.1, 0.15) is 5.82 Å².